The van der Waals surface area contributed by atoms with Crippen molar-refractivity contribution in [1.29, 1.82) is 0 Å². The van der Waals surface area contributed by atoms with Crippen LogP contribution in [0.5, 0.6) is 0 Å². The minimum atomic E-state index is 0. The van der Waals surface area contributed by atoms with E-state index in [2.05, 4.69) is 19.2 Å². The van der Waals surface area contributed by atoms with Gasteiger partial charge in [-0.1, -0.05) is 26.2 Å². The largest absolute Gasteiger partial charge is 0.378 e. The monoisotopic (exact) mass is 346 g/mol. The summed E-state index contributed by atoms with van der Waals surface area (Å²) in [6.45, 7) is 8.01. The maximum atomic E-state index is 12.1. The van der Waals surface area contributed by atoms with Crippen LogP contribution in [0.25, 0.3) is 0 Å². The van der Waals surface area contributed by atoms with Crippen molar-refractivity contribution in [3.63, 3.8) is 0 Å². The fraction of sp³-hybridized carbons (Fsp3) is 0.944. The molecular formula is C18H35ClN2O2. The van der Waals surface area contributed by atoms with E-state index in [1.165, 1.54) is 25.7 Å². The summed E-state index contributed by atoms with van der Waals surface area (Å²) < 4.78 is 5.99. The van der Waals surface area contributed by atoms with Gasteiger partial charge in [0.25, 0.3) is 0 Å². The highest BCUT2D eigenvalue weighted by Crippen LogP contribution is 2.25. The molecule has 0 aromatic rings. The van der Waals surface area contributed by atoms with Gasteiger partial charge in [0.1, 0.15) is 0 Å². The number of nitrogens with one attached hydrogen (secondary N) is 1. The second kappa shape index (κ2) is 11.3. The third-order valence-electron chi connectivity index (χ3n) is 5.00. The first-order valence-electron chi connectivity index (χ1n) is 9.28. The summed E-state index contributed by atoms with van der Waals surface area (Å²) in [6, 6.07) is 0.434. The Bertz CT molecular complexity index is 341. The highest BCUT2D eigenvalue weighted by molar-refractivity contribution is 5.85. The average molecular weight is 347 g/mol. The molecule has 0 aromatic carbocycles. The first-order chi connectivity index (χ1) is 10.6. The van der Waals surface area contributed by atoms with Gasteiger partial charge >= 0.3 is 0 Å². The van der Waals surface area contributed by atoms with Crippen molar-refractivity contribution >= 4 is 18.3 Å². The molecule has 4 nitrogen and oxygen atoms in total. The van der Waals surface area contributed by atoms with Gasteiger partial charge in [0.15, 0.2) is 0 Å². The van der Waals surface area contributed by atoms with Crippen LogP contribution in [0.3, 0.4) is 0 Å². The highest BCUT2D eigenvalue weighted by atomic mass is 35.5. The molecule has 23 heavy (non-hydrogen) atoms. The van der Waals surface area contributed by atoms with Crippen LogP contribution < -0.4 is 5.32 Å². The fourth-order valence-corrected chi connectivity index (χ4v) is 3.65. The first-order valence-corrected chi connectivity index (χ1v) is 9.28. The van der Waals surface area contributed by atoms with Crippen molar-refractivity contribution in [2.75, 3.05) is 26.2 Å². The van der Waals surface area contributed by atoms with Crippen LogP contribution in [-0.2, 0) is 9.53 Å². The van der Waals surface area contributed by atoms with Gasteiger partial charge in [-0.3, -0.25) is 4.79 Å². The van der Waals surface area contributed by atoms with Crippen LogP contribution in [0.2, 0.25) is 0 Å². The maximum Gasteiger partial charge on any atom is 0.222 e. The molecule has 1 saturated heterocycles. The lowest BCUT2D eigenvalue weighted by molar-refractivity contribution is -0.132. The Morgan fingerprint density at radius 2 is 2.04 bits per heavy atom. The third kappa shape index (κ3) is 7.86. The molecule has 0 aromatic heterocycles. The summed E-state index contributed by atoms with van der Waals surface area (Å²) in [5, 5.41) is 3.37. The number of unbranched alkanes of at least 4 members (excludes halogenated alkanes) is 2. The van der Waals surface area contributed by atoms with Crippen molar-refractivity contribution in [3.05, 3.63) is 0 Å². The molecule has 2 fully saturated rings. The molecule has 1 aliphatic carbocycles. The molecule has 1 amide bonds. The Hall–Kier alpha value is -0.320. The molecule has 2 aliphatic rings. The van der Waals surface area contributed by atoms with Gasteiger partial charge in [-0.25, -0.2) is 0 Å². The summed E-state index contributed by atoms with van der Waals surface area (Å²) in [5.41, 5.74) is 0. The Morgan fingerprint density at radius 3 is 2.78 bits per heavy atom. The Labute approximate surface area is 148 Å². The third-order valence-corrected chi connectivity index (χ3v) is 5.00. The molecule has 2 rings (SSSR count). The molecule has 1 heterocycles. The lowest BCUT2D eigenvalue weighted by Gasteiger charge is -2.32. The topological polar surface area (TPSA) is 41.6 Å². The second-order valence-electron chi connectivity index (χ2n) is 7.27. The summed E-state index contributed by atoms with van der Waals surface area (Å²) >= 11 is 0. The Balaban J connectivity index is 0.00000264. The van der Waals surface area contributed by atoms with E-state index in [-0.39, 0.29) is 12.4 Å². The number of carbonyl (C=O) groups is 1. The highest BCUT2D eigenvalue weighted by Gasteiger charge is 2.20. The SMILES string of the molecule is CC1CCCC(OCCCCCC(=O)N2CCN[C@H](C)C2)C1.Cl. The number of hydrogen-bond acceptors (Lipinski definition) is 3. The molecule has 136 valence electrons. The quantitative estimate of drug-likeness (QED) is 0.718. The maximum absolute atomic E-state index is 12.1. The minimum Gasteiger partial charge on any atom is -0.378 e. The van der Waals surface area contributed by atoms with Gasteiger partial charge in [0, 0.05) is 38.7 Å². The first kappa shape index (κ1) is 20.7. The zero-order chi connectivity index (χ0) is 15.8. The molecule has 2 unspecified atom stereocenters. The van der Waals surface area contributed by atoms with Gasteiger partial charge in [0.2, 0.25) is 5.91 Å². The van der Waals surface area contributed by atoms with Crippen LogP contribution in [0, 0.1) is 5.92 Å². The van der Waals surface area contributed by atoms with Crippen molar-refractivity contribution in [3.8, 4) is 0 Å². The molecule has 5 heteroatoms. The van der Waals surface area contributed by atoms with E-state index in [4.69, 9.17) is 4.74 Å². The van der Waals surface area contributed by atoms with Gasteiger partial charge in [-0.15, -0.1) is 12.4 Å². The van der Waals surface area contributed by atoms with E-state index in [9.17, 15) is 4.79 Å². The molecule has 0 spiro atoms. The van der Waals surface area contributed by atoms with Gasteiger partial charge in [0.05, 0.1) is 6.10 Å². The minimum absolute atomic E-state index is 0. The van der Waals surface area contributed by atoms with Gasteiger partial charge in [-0.2, -0.15) is 0 Å². The van der Waals surface area contributed by atoms with E-state index in [0.29, 0.717) is 24.5 Å². The lowest BCUT2D eigenvalue weighted by atomic mass is 9.89. The molecule has 1 aliphatic heterocycles. The van der Waals surface area contributed by atoms with E-state index in [1.807, 2.05) is 4.90 Å². The van der Waals surface area contributed by atoms with E-state index in [0.717, 1.165) is 51.4 Å². The van der Waals surface area contributed by atoms with Crippen LogP contribution >= 0.6 is 12.4 Å². The van der Waals surface area contributed by atoms with Crippen LogP contribution in [0.1, 0.15) is 65.2 Å². The number of ether oxygens (including phenoxy) is 1. The van der Waals surface area contributed by atoms with Crippen molar-refractivity contribution in [1.82, 2.24) is 10.2 Å². The predicted octanol–water partition coefficient (Wildman–Crippen LogP) is 3.38. The summed E-state index contributed by atoms with van der Waals surface area (Å²) in [6.07, 6.45) is 9.56. The fourth-order valence-electron chi connectivity index (χ4n) is 3.65. The molecule has 0 radical (unpaired) electrons. The number of nitrogens with zero attached hydrogens (tertiary/aromatic N) is 1. The lowest BCUT2D eigenvalue weighted by Crippen LogP contribution is -2.51. The molecular weight excluding hydrogens is 312 g/mol. The van der Waals surface area contributed by atoms with E-state index >= 15 is 0 Å². The standard InChI is InChI=1S/C18H34N2O2.ClH/c1-15-7-6-8-17(13-15)22-12-5-3-4-9-18(21)20-11-10-19-16(2)14-20;/h15-17,19H,3-14H2,1-2H3;1H/t15?,16-,17?;/m1./s1. The normalized spacial score (nSPS) is 28.3. The van der Waals surface area contributed by atoms with Crippen LogP contribution in [0.15, 0.2) is 0 Å². The number of carbonyl (C=O) groups excluding carboxylic acids is 1. The predicted molar refractivity (Wildman–Crippen MR) is 97.1 cm³/mol. The number of rotatable bonds is 7. The molecule has 3 atom stereocenters. The van der Waals surface area contributed by atoms with Crippen LogP contribution in [0.4, 0.5) is 0 Å². The molecule has 0 bridgehead atoms. The number of hydrogen-bond donors (Lipinski definition) is 1. The zero-order valence-corrected chi connectivity index (χ0v) is 15.7. The van der Waals surface area contributed by atoms with Crippen molar-refractivity contribution < 1.29 is 9.53 Å². The van der Waals surface area contributed by atoms with Crippen LogP contribution in [-0.4, -0.2) is 49.2 Å². The Morgan fingerprint density at radius 1 is 1.22 bits per heavy atom. The second-order valence-corrected chi connectivity index (χ2v) is 7.27. The van der Waals surface area contributed by atoms with Gasteiger partial charge in [-0.05, 0) is 38.5 Å². The zero-order valence-electron chi connectivity index (χ0n) is 14.9. The Kier molecular flexibility index (Phi) is 10.2. The van der Waals surface area contributed by atoms with Crippen molar-refractivity contribution in [2.45, 2.75) is 77.4 Å². The summed E-state index contributed by atoms with van der Waals surface area (Å²) in [7, 11) is 0. The summed E-state index contributed by atoms with van der Waals surface area (Å²) in [4.78, 5) is 14.1. The van der Waals surface area contributed by atoms with E-state index in [1.54, 1.807) is 0 Å². The van der Waals surface area contributed by atoms with E-state index < -0.39 is 0 Å². The molecule has 1 saturated carbocycles. The van der Waals surface area contributed by atoms with Crippen molar-refractivity contribution in [2.24, 2.45) is 5.92 Å². The number of halogens is 1. The summed E-state index contributed by atoms with van der Waals surface area (Å²) in [5.74, 6) is 1.16. The van der Waals surface area contributed by atoms with Gasteiger partial charge < -0.3 is 15.0 Å². The number of piperazine rings is 1. The molecule has 1 N–H and O–H groups in total. The number of amides is 1. The average Bonchev–Trinajstić information content (AvgIpc) is 2.50. The smallest absolute Gasteiger partial charge is 0.222 e.